The fraction of sp³-hybridized carbons (Fsp3) is 1.00. The summed E-state index contributed by atoms with van der Waals surface area (Å²) in [6.45, 7) is 0.889. The summed E-state index contributed by atoms with van der Waals surface area (Å²) in [5.74, 6) is 0. The second kappa shape index (κ2) is 3.48. The summed E-state index contributed by atoms with van der Waals surface area (Å²) in [4.78, 5) is 0. The maximum Gasteiger partial charge on any atom is 0.190 e. The van der Waals surface area contributed by atoms with E-state index >= 15 is 0 Å². The van der Waals surface area contributed by atoms with E-state index in [-0.39, 0.29) is 0 Å². The Labute approximate surface area is 75.6 Å². The normalized spacial score (nSPS) is 24.9. The predicted octanol–water partition coefficient (Wildman–Crippen LogP) is 2.93. The van der Waals surface area contributed by atoms with Crippen LogP contribution in [0.15, 0.2) is 0 Å². The van der Waals surface area contributed by atoms with E-state index in [0.29, 0.717) is 12.5 Å². The summed E-state index contributed by atoms with van der Waals surface area (Å²) >= 11 is 16.6. The third kappa shape index (κ3) is 4.62. The van der Waals surface area contributed by atoms with Gasteiger partial charge in [-0.1, -0.05) is 34.8 Å². The Morgan fingerprint density at radius 3 is 2.40 bits per heavy atom. The van der Waals surface area contributed by atoms with Crippen LogP contribution in [0.4, 0.5) is 0 Å². The average Bonchev–Trinajstić information content (AvgIpc) is 2.45. The first-order valence-electron chi connectivity index (χ1n) is 3.26. The molecule has 0 amide bonds. The monoisotopic (exact) mass is 202 g/mol. The largest absolute Gasteiger partial charge is 0.373 e. The van der Waals surface area contributed by atoms with Gasteiger partial charge >= 0.3 is 0 Å². The number of alkyl halides is 3. The molecular formula is C6H9Cl3O. The lowest BCUT2D eigenvalue weighted by Gasteiger charge is -2.08. The lowest BCUT2D eigenvalue weighted by atomic mass is 10.2. The molecule has 1 unspecified atom stereocenters. The zero-order chi connectivity index (χ0) is 7.61. The van der Waals surface area contributed by atoms with Gasteiger partial charge in [-0.15, -0.1) is 0 Å². The molecule has 60 valence electrons. The molecule has 1 aliphatic heterocycles. The van der Waals surface area contributed by atoms with Gasteiger partial charge in [0.15, 0.2) is 3.79 Å². The molecule has 0 aromatic rings. The Bertz CT molecular complexity index is 106. The Hall–Kier alpha value is 0.830. The first-order valence-corrected chi connectivity index (χ1v) is 4.40. The number of rotatable bonds is 3. The SMILES string of the molecule is ClC(Cl)(Cl)CCCC1CO1. The standard InChI is InChI=1S/C6H9Cl3O/c7-6(8,9)3-1-2-5-4-10-5/h5H,1-4H2. The van der Waals surface area contributed by atoms with Crippen molar-refractivity contribution in [3.8, 4) is 0 Å². The fourth-order valence-electron chi connectivity index (χ4n) is 0.765. The molecule has 1 aliphatic rings. The second-order valence-electron chi connectivity index (χ2n) is 2.46. The average molecular weight is 203 g/mol. The molecular weight excluding hydrogens is 194 g/mol. The molecule has 4 heteroatoms. The van der Waals surface area contributed by atoms with Gasteiger partial charge in [0.05, 0.1) is 12.7 Å². The van der Waals surface area contributed by atoms with E-state index in [4.69, 9.17) is 39.5 Å². The molecule has 1 heterocycles. The molecule has 1 saturated heterocycles. The number of ether oxygens (including phenoxy) is 1. The van der Waals surface area contributed by atoms with E-state index in [1.165, 1.54) is 0 Å². The number of hydrogen-bond acceptors (Lipinski definition) is 1. The van der Waals surface area contributed by atoms with Gasteiger partial charge in [0, 0.05) is 0 Å². The summed E-state index contributed by atoms with van der Waals surface area (Å²) in [5.41, 5.74) is 0. The molecule has 10 heavy (non-hydrogen) atoms. The number of halogens is 3. The minimum atomic E-state index is -1.07. The highest BCUT2D eigenvalue weighted by molar-refractivity contribution is 6.67. The Kier molecular flexibility index (Phi) is 3.11. The van der Waals surface area contributed by atoms with E-state index in [9.17, 15) is 0 Å². The van der Waals surface area contributed by atoms with Crippen molar-refractivity contribution < 1.29 is 4.74 Å². The quantitative estimate of drug-likeness (QED) is 0.508. The van der Waals surface area contributed by atoms with Gasteiger partial charge in [0.1, 0.15) is 0 Å². The van der Waals surface area contributed by atoms with Crippen LogP contribution in [0.1, 0.15) is 19.3 Å². The molecule has 1 nitrogen and oxygen atoms in total. The third-order valence-electron chi connectivity index (χ3n) is 1.39. The molecule has 0 aliphatic carbocycles. The Balaban J connectivity index is 1.93. The zero-order valence-electron chi connectivity index (χ0n) is 5.45. The molecule has 0 N–H and O–H groups in total. The highest BCUT2D eigenvalue weighted by Crippen LogP contribution is 2.32. The molecule has 1 fully saturated rings. The van der Waals surface area contributed by atoms with Crippen molar-refractivity contribution in [3.63, 3.8) is 0 Å². The van der Waals surface area contributed by atoms with Crippen molar-refractivity contribution in [1.82, 2.24) is 0 Å². The van der Waals surface area contributed by atoms with Crippen LogP contribution in [0.2, 0.25) is 0 Å². The topological polar surface area (TPSA) is 12.5 Å². The second-order valence-corrected chi connectivity index (χ2v) is 4.98. The summed E-state index contributed by atoms with van der Waals surface area (Å²) in [5, 5.41) is 0. The van der Waals surface area contributed by atoms with Crippen molar-refractivity contribution >= 4 is 34.8 Å². The fourth-order valence-corrected chi connectivity index (χ4v) is 1.17. The van der Waals surface area contributed by atoms with Crippen LogP contribution in [0.25, 0.3) is 0 Å². The molecule has 0 radical (unpaired) electrons. The highest BCUT2D eigenvalue weighted by atomic mass is 35.6. The first kappa shape index (κ1) is 8.92. The number of epoxide rings is 1. The molecule has 0 bridgehead atoms. The summed E-state index contributed by atoms with van der Waals surface area (Å²) in [7, 11) is 0. The van der Waals surface area contributed by atoms with Crippen molar-refractivity contribution in [2.75, 3.05) is 6.61 Å². The molecule has 1 atom stereocenters. The van der Waals surface area contributed by atoms with Gasteiger partial charge in [-0.05, 0) is 19.3 Å². The van der Waals surface area contributed by atoms with Crippen LogP contribution < -0.4 is 0 Å². The van der Waals surface area contributed by atoms with Crippen molar-refractivity contribution in [2.45, 2.75) is 29.2 Å². The van der Waals surface area contributed by atoms with E-state index in [1.807, 2.05) is 0 Å². The minimum absolute atomic E-state index is 0.451. The Morgan fingerprint density at radius 1 is 1.40 bits per heavy atom. The van der Waals surface area contributed by atoms with Crippen LogP contribution >= 0.6 is 34.8 Å². The van der Waals surface area contributed by atoms with Gasteiger partial charge in [-0.3, -0.25) is 0 Å². The lowest BCUT2D eigenvalue weighted by Crippen LogP contribution is -2.01. The molecule has 0 aromatic heterocycles. The summed E-state index contributed by atoms with van der Waals surface area (Å²) < 4.78 is 3.92. The van der Waals surface area contributed by atoms with Gasteiger partial charge in [-0.2, -0.15) is 0 Å². The van der Waals surface area contributed by atoms with Crippen LogP contribution in [0.5, 0.6) is 0 Å². The smallest absolute Gasteiger partial charge is 0.190 e. The molecule has 0 saturated carbocycles. The van der Waals surface area contributed by atoms with E-state index in [1.54, 1.807) is 0 Å². The van der Waals surface area contributed by atoms with E-state index in [2.05, 4.69) is 0 Å². The first-order chi connectivity index (χ1) is 4.58. The number of hydrogen-bond donors (Lipinski definition) is 0. The van der Waals surface area contributed by atoms with Crippen molar-refractivity contribution in [1.29, 1.82) is 0 Å². The molecule has 0 spiro atoms. The summed E-state index contributed by atoms with van der Waals surface area (Å²) in [6.07, 6.45) is 3.03. The molecule has 0 aromatic carbocycles. The van der Waals surface area contributed by atoms with Gasteiger partial charge in [0.25, 0.3) is 0 Å². The highest BCUT2D eigenvalue weighted by Gasteiger charge is 2.24. The van der Waals surface area contributed by atoms with Crippen molar-refractivity contribution in [3.05, 3.63) is 0 Å². The van der Waals surface area contributed by atoms with Crippen LogP contribution in [-0.2, 0) is 4.74 Å². The van der Waals surface area contributed by atoms with E-state index in [0.717, 1.165) is 19.4 Å². The van der Waals surface area contributed by atoms with Crippen LogP contribution in [0.3, 0.4) is 0 Å². The zero-order valence-corrected chi connectivity index (χ0v) is 7.72. The lowest BCUT2D eigenvalue weighted by molar-refractivity contribution is 0.390. The van der Waals surface area contributed by atoms with Gasteiger partial charge in [0.2, 0.25) is 0 Å². The van der Waals surface area contributed by atoms with Crippen LogP contribution in [0, 0.1) is 0 Å². The van der Waals surface area contributed by atoms with Crippen molar-refractivity contribution in [2.24, 2.45) is 0 Å². The van der Waals surface area contributed by atoms with Gasteiger partial charge < -0.3 is 4.74 Å². The predicted molar refractivity (Wildman–Crippen MR) is 43.9 cm³/mol. The maximum absolute atomic E-state index is 5.53. The van der Waals surface area contributed by atoms with Gasteiger partial charge in [-0.25, -0.2) is 0 Å². The molecule has 1 rings (SSSR count). The Morgan fingerprint density at radius 2 is 2.00 bits per heavy atom. The van der Waals surface area contributed by atoms with Crippen LogP contribution in [-0.4, -0.2) is 16.5 Å². The summed E-state index contributed by atoms with van der Waals surface area (Å²) in [6, 6.07) is 0. The van der Waals surface area contributed by atoms with E-state index < -0.39 is 3.79 Å². The minimum Gasteiger partial charge on any atom is -0.373 e. The maximum atomic E-state index is 5.53. The third-order valence-corrected chi connectivity index (χ3v) is 1.96.